The van der Waals surface area contributed by atoms with Crippen molar-refractivity contribution in [3.05, 3.63) is 0 Å². The molecule has 1 heteroatoms. The van der Waals surface area contributed by atoms with Crippen LogP contribution in [-0.2, 0) is 0 Å². The maximum absolute atomic E-state index is 9.01. The smallest absolute Gasteiger partial charge is 0.0459 e. The van der Waals surface area contributed by atoms with Crippen molar-refractivity contribution < 1.29 is 5.11 Å². The Hall–Kier alpha value is -0.0400. The summed E-state index contributed by atoms with van der Waals surface area (Å²) >= 11 is 0. The van der Waals surface area contributed by atoms with Gasteiger partial charge in [0.05, 0.1) is 0 Å². The predicted molar refractivity (Wildman–Crippen MR) is 45.3 cm³/mol. The Labute approximate surface area is 68.8 Å². The monoisotopic (exact) mass is 154 g/mol. The summed E-state index contributed by atoms with van der Waals surface area (Å²) < 4.78 is 0. The molecule has 1 N–H and O–H groups in total. The molecule has 0 spiro atoms. The summed E-state index contributed by atoms with van der Waals surface area (Å²) in [5, 5.41) is 9.01. The minimum Gasteiger partial charge on any atom is -0.396 e. The molecule has 0 aliphatic heterocycles. The normalized spacial score (nSPS) is 39.0. The van der Waals surface area contributed by atoms with E-state index in [-0.39, 0.29) is 0 Å². The van der Waals surface area contributed by atoms with E-state index in [1.165, 1.54) is 38.5 Å². The van der Waals surface area contributed by atoms with Gasteiger partial charge in [-0.2, -0.15) is 0 Å². The van der Waals surface area contributed by atoms with Crippen LogP contribution in [0.15, 0.2) is 0 Å². The molecule has 2 fully saturated rings. The Bertz CT molecular complexity index is 119. The Morgan fingerprint density at radius 2 is 1.55 bits per heavy atom. The number of rotatable bonds is 1. The van der Waals surface area contributed by atoms with E-state index in [4.69, 9.17) is 5.11 Å². The molecule has 2 rings (SSSR count). The molecule has 64 valence electrons. The largest absolute Gasteiger partial charge is 0.396 e. The molecule has 0 aromatic carbocycles. The van der Waals surface area contributed by atoms with Gasteiger partial charge >= 0.3 is 0 Å². The quantitative estimate of drug-likeness (QED) is 0.614. The molecule has 0 heterocycles. The van der Waals surface area contributed by atoms with Crippen LogP contribution < -0.4 is 0 Å². The van der Waals surface area contributed by atoms with Gasteiger partial charge in [0.2, 0.25) is 0 Å². The number of hydrogen-bond donors (Lipinski definition) is 1. The van der Waals surface area contributed by atoms with E-state index in [2.05, 4.69) is 0 Å². The second-order valence-electron chi connectivity index (χ2n) is 4.32. The minimum absolute atomic E-state index is 0.438. The van der Waals surface area contributed by atoms with Crippen LogP contribution >= 0.6 is 0 Å². The molecule has 0 aromatic heterocycles. The fraction of sp³-hybridized carbons (Fsp3) is 1.00. The van der Waals surface area contributed by atoms with Gasteiger partial charge in [0, 0.05) is 6.61 Å². The summed E-state index contributed by atoms with van der Waals surface area (Å²) in [6, 6.07) is 0. The lowest BCUT2D eigenvalue weighted by molar-refractivity contribution is 0.225. The molecule has 11 heavy (non-hydrogen) atoms. The lowest BCUT2D eigenvalue weighted by Gasteiger charge is -2.24. The number of hydrogen-bond acceptors (Lipinski definition) is 1. The second-order valence-corrected chi connectivity index (χ2v) is 4.32. The van der Waals surface area contributed by atoms with Gasteiger partial charge < -0.3 is 5.11 Å². The van der Waals surface area contributed by atoms with E-state index in [0.29, 0.717) is 12.5 Å². The number of fused-ring (bicyclic) bond motifs is 1. The van der Waals surface area contributed by atoms with Crippen LogP contribution in [0.1, 0.15) is 38.5 Å². The van der Waals surface area contributed by atoms with Gasteiger partial charge in [-0.25, -0.2) is 0 Å². The average molecular weight is 154 g/mol. The van der Waals surface area contributed by atoms with Crippen molar-refractivity contribution in [3.8, 4) is 0 Å². The molecule has 2 atom stereocenters. The first-order valence-corrected chi connectivity index (χ1v) is 5.01. The summed E-state index contributed by atoms with van der Waals surface area (Å²) in [6.07, 6.45) is 8.42. The molecular formula is C10H18O. The SMILES string of the molecule is OCC1C[C@H]2CCCC[C@@H]2C1. The summed E-state index contributed by atoms with van der Waals surface area (Å²) in [7, 11) is 0. The first-order chi connectivity index (χ1) is 5.40. The van der Waals surface area contributed by atoms with Crippen LogP contribution in [0, 0.1) is 17.8 Å². The van der Waals surface area contributed by atoms with Gasteiger partial charge in [0.1, 0.15) is 0 Å². The molecule has 0 unspecified atom stereocenters. The van der Waals surface area contributed by atoms with Crippen LogP contribution in [0.4, 0.5) is 0 Å². The van der Waals surface area contributed by atoms with Crippen LogP contribution in [0.3, 0.4) is 0 Å². The van der Waals surface area contributed by atoms with Gasteiger partial charge in [-0.3, -0.25) is 0 Å². The van der Waals surface area contributed by atoms with E-state index in [1.807, 2.05) is 0 Å². The summed E-state index contributed by atoms with van der Waals surface area (Å²) in [4.78, 5) is 0. The van der Waals surface area contributed by atoms with E-state index in [0.717, 1.165) is 11.8 Å². The molecule has 0 aromatic rings. The molecular weight excluding hydrogens is 136 g/mol. The summed E-state index contributed by atoms with van der Waals surface area (Å²) in [6.45, 7) is 0.438. The van der Waals surface area contributed by atoms with Crippen LogP contribution in [0.5, 0.6) is 0 Å². The molecule has 1 nitrogen and oxygen atoms in total. The van der Waals surface area contributed by atoms with Crippen LogP contribution in [0.2, 0.25) is 0 Å². The second kappa shape index (κ2) is 3.14. The topological polar surface area (TPSA) is 20.2 Å². The van der Waals surface area contributed by atoms with Gasteiger partial charge in [0.15, 0.2) is 0 Å². The van der Waals surface area contributed by atoms with Crippen molar-refractivity contribution in [3.63, 3.8) is 0 Å². The predicted octanol–water partition coefficient (Wildman–Crippen LogP) is 2.20. The van der Waals surface area contributed by atoms with Crippen molar-refractivity contribution in [2.45, 2.75) is 38.5 Å². The van der Waals surface area contributed by atoms with Crippen molar-refractivity contribution in [2.75, 3.05) is 6.61 Å². The highest BCUT2D eigenvalue weighted by molar-refractivity contribution is 4.85. The molecule has 0 radical (unpaired) electrons. The van der Waals surface area contributed by atoms with Crippen molar-refractivity contribution >= 4 is 0 Å². The zero-order valence-corrected chi connectivity index (χ0v) is 7.13. The van der Waals surface area contributed by atoms with E-state index < -0.39 is 0 Å². The molecule has 2 saturated carbocycles. The third-order valence-corrected chi connectivity index (χ3v) is 3.60. The molecule has 0 amide bonds. The maximum atomic E-state index is 9.01. The van der Waals surface area contributed by atoms with Gasteiger partial charge in [-0.1, -0.05) is 25.7 Å². The fourth-order valence-corrected chi connectivity index (χ4v) is 3.01. The highest BCUT2D eigenvalue weighted by atomic mass is 16.3. The zero-order chi connectivity index (χ0) is 7.68. The van der Waals surface area contributed by atoms with Crippen LogP contribution in [-0.4, -0.2) is 11.7 Å². The van der Waals surface area contributed by atoms with Gasteiger partial charge in [0.25, 0.3) is 0 Å². The Kier molecular flexibility index (Phi) is 2.17. The number of aliphatic hydroxyl groups is 1. The van der Waals surface area contributed by atoms with Gasteiger partial charge in [-0.05, 0) is 30.6 Å². The Balaban J connectivity index is 1.92. The average Bonchev–Trinajstić information content (AvgIpc) is 2.46. The molecule has 2 aliphatic carbocycles. The highest BCUT2D eigenvalue weighted by Gasteiger charge is 2.34. The first kappa shape index (κ1) is 7.60. The highest BCUT2D eigenvalue weighted by Crippen LogP contribution is 2.44. The maximum Gasteiger partial charge on any atom is 0.0459 e. The van der Waals surface area contributed by atoms with Crippen molar-refractivity contribution in [1.82, 2.24) is 0 Å². The Morgan fingerprint density at radius 3 is 2.00 bits per heavy atom. The van der Waals surface area contributed by atoms with E-state index >= 15 is 0 Å². The van der Waals surface area contributed by atoms with Gasteiger partial charge in [-0.15, -0.1) is 0 Å². The third kappa shape index (κ3) is 1.44. The fourth-order valence-electron chi connectivity index (χ4n) is 3.01. The standard InChI is InChI=1S/C10H18O/c11-7-8-5-9-3-1-2-4-10(9)6-8/h8-11H,1-7H2/t9-,10-/m1/s1. The molecule has 2 aliphatic rings. The van der Waals surface area contributed by atoms with E-state index in [9.17, 15) is 0 Å². The van der Waals surface area contributed by atoms with Crippen LogP contribution in [0.25, 0.3) is 0 Å². The number of aliphatic hydroxyl groups excluding tert-OH is 1. The molecule has 0 bridgehead atoms. The Morgan fingerprint density at radius 1 is 1.00 bits per heavy atom. The van der Waals surface area contributed by atoms with E-state index in [1.54, 1.807) is 0 Å². The third-order valence-electron chi connectivity index (χ3n) is 3.60. The zero-order valence-electron chi connectivity index (χ0n) is 7.13. The lowest BCUT2D eigenvalue weighted by Crippen LogP contribution is -2.12. The van der Waals surface area contributed by atoms with Crippen molar-refractivity contribution in [1.29, 1.82) is 0 Å². The summed E-state index contributed by atoms with van der Waals surface area (Å²) in [5.41, 5.74) is 0. The summed E-state index contributed by atoms with van der Waals surface area (Å²) in [5.74, 6) is 2.63. The first-order valence-electron chi connectivity index (χ1n) is 5.01. The molecule has 0 saturated heterocycles. The lowest BCUT2D eigenvalue weighted by atomic mass is 9.82. The minimum atomic E-state index is 0.438. The van der Waals surface area contributed by atoms with Crippen molar-refractivity contribution in [2.24, 2.45) is 17.8 Å².